The Morgan fingerprint density at radius 1 is 1.25 bits per heavy atom. The molecule has 0 saturated heterocycles. The van der Waals surface area contributed by atoms with Crippen LogP contribution in [0.25, 0.3) is 5.70 Å². The molecular formula is C17H17ClF3NO2. The molecule has 0 bridgehead atoms. The SMILES string of the molecule is C=C1C(Cl)=CC=C(c2ccc(OCCOC)cc2F)N1CC(F)F. The summed E-state index contributed by atoms with van der Waals surface area (Å²) < 4.78 is 50.3. The van der Waals surface area contributed by atoms with E-state index in [1.54, 1.807) is 6.07 Å². The number of hydrogen-bond acceptors (Lipinski definition) is 3. The zero-order valence-electron chi connectivity index (χ0n) is 13.1. The molecular weight excluding hydrogens is 343 g/mol. The first-order valence-electron chi connectivity index (χ1n) is 7.18. The predicted octanol–water partition coefficient (Wildman–Crippen LogP) is 4.41. The lowest BCUT2D eigenvalue weighted by molar-refractivity contribution is 0.123. The lowest BCUT2D eigenvalue weighted by atomic mass is 10.1. The van der Waals surface area contributed by atoms with Gasteiger partial charge in [-0.05, 0) is 24.3 Å². The Morgan fingerprint density at radius 3 is 2.62 bits per heavy atom. The lowest BCUT2D eigenvalue weighted by Crippen LogP contribution is -2.28. The third-order valence-corrected chi connectivity index (χ3v) is 3.72. The van der Waals surface area contributed by atoms with Crippen molar-refractivity contribution in [3.05, 3.63) is 59.0 Å². The smallest absolute Gasteiger partial charge is 0.256 e. The third kappa shape index (κ3) is 4.33. The Labute approximate surface area is 143 Å². The van der Waals surface area contributed by atoms with Gasteiger partial charge < -0.3 is 14.4 Å². The van der Waals surface area contributed by atoms with E-state index in [9.17, 15) is 13.2 Å². The Kier molecular flexibility index (Phi) is 6.34. The molecule has 1 aliphatic heterocycles. The topological polar surface area (TPSA) is 21.7 Å². The molecule has 0 saturated carbocycles. The van der Waals surface area contributed by atoms with Crippen molar-refractivity contribution in [2.75, 3.05) is 26.9 Å². The largest absolute Gasteiger partial charge is 0.491 e. The fraction of sp³-hybridized carbons (Fsp3) is 0.294. The number of ether oxygens (including phenoxy) is 2. The maximum atomic E-state index is 14.4. The fourth-order valence-electron chi connectivity index (χ4n) is 2.23. The summed E-state index contributed by atoms with van der Waals surface area (Å²) >= 11 is 5.94. The van der Waals surface area contributed by atoms with Crippen molar-refractivity contribution in [2.45, 2.75) is 6.43 Å². The minimum absolute atomic E-state index is 0.163. The maximum absolute atomic E-state index is 14.4. The van der Waals surface area contributed by atoms with Crippen molar-refractivity contribution in [2.24, 2.45) is 0 Å². The number of hydrogen-bond donors (Lipinski definition) is 0. The monoisotopic (exact) mass is 359 g/mol. The van der Waals surface area contributed by atoms with Gasteiger partial charge in [0.2, 0.25) is 0 Å². The normalized spacial score (nSPS) is 14.8. The summed E-state index contributed by atoms with van der Waals surface area (Å²) in [5.74, 6) is -0.257. The van der Waals surface area contributed by atoms with E-state index >= 15 is 0 Å². The number of halogens is 4. The van der Waals surface area contributed by atoms with Crippen LogP contribution in [-0.4, -0.2) is 38.2 Å². The van der Waals surface area contributed by atoms with Crippen LogP contribution in [0.1, 0.15) is 5.56 Å². The molecule has 0 radical (unpaired) electrons. The van der Waals surface area contributed by atoms with E-state index in [2.05, 4.69) is 6.58 Å². The van der Waals surface area contributed by atoms with E-state index in [0.29, 0.717) is 12.4 Å². The second kappa shape index (κ2) is 8.26. The van der Waals surface area contributed by atoms with Crippen LogP contribution >= 0.6 is 11.6 Å². The molecule has 0 fully saturated rings. The van der Waals surface area contributed by atoms with Gasteiger partial charge in [-0.1, -0.05) is 18.2 Å². The molecule has 24 heavy (non-hydrogen) atoms. The van der Waals surface area contributed by atoms with Gasteiger partial charge in [0.15, 0.2) is 0 Å². The highest BCUT2D eigenvalue weighted by molar-refractivity contribution is 6.32. The zero-order valence-corrected chi connectivity index (χ0v) is 13.8. The van der Waals surface area contributed by atoms with E-state index in [4.69, 9.17) is 21.1 Å². The molecule has 0 N–H and O–H groups in total. The first kappa shape index (κ1) is 18.4. The van der Waals surface area contributed by atoms with Crippen LogP contribution in [0.5, 0.6) is 5.75 Å². The van der Waals surface area contributed by atoms with Gasteiger partial charge >= 0.3 is 0 Å². The van der Waals surface area contributed by atoms with Gasteiger partial charge in [-0.3, -0.25) is 0 Å². The molecule has 0 atom stereocenters. The number of benzene rings is 1. The highest BCUT2D eigenvalue weighted by Crippen LogP contribution is 2.34. The average Bonchev–Trinajstić information content (AvgIpc) is 2.53. The molecule has 0 amide bonds. The number of methoxy groups -OCH3 is 1. The van der Waals surface area contributed by atoms with Gasteiger partial charge in [-0.25, -0.2) is 13.2 Å². The Balaban J connectivity index is 2.29. The van der Waals surface area contributed by atoms with E-state index in [1.165, 1.54) is 36.3 Å². The molecule has 0 unspecified atom stereocenters. The van der Waals surface area contributed by atoms with Crippen LogP contribution in [0.4, 0.5) is 13.2 Å². The fourth-order valence-corrected chi connectivity index (χ4v) is 2.40. The summed E-state index contributed by atoms with van der Waals surface area (Å²) in [6, 6.07) is 4.25. The maximum Gasteiger partial charge on any atom is 0.256 e. The van der Waals surface area contributed by atoms with Crippen LogP contribution in [0.3, 0.4) is 0 Å². The molecule has 1 aliphatic rings. The molecule has 0 aromatic heterocycles. The molecule has 2 rings (SSSR count). The van der Waals surface area contributed by atoms with Gasteiger partial charge in [0.05, 0.1) is 29.6 Å². The molecule has 1 aromatic carbocycles. The quantitative estimate of drug-likeness (QED) is 0.673. The Hall–Kier alpha value is -1.92. The van der Waals surface area contributed by atoms with Gasteiger partial charge in [0.25, 0.3) is 6.43 Å². The van der Waals surface area contributed by atoms with Crippen LogP contribution < -0.4 is 4.74 Å². The molecule has 1 aromatic rings. The Bertz CT molecular complexity index is 674. The van der Waals surface area contributed by atoms with Gasteiger partial charge in [0.1, 0.15) is 18.2 Å². The summed E-state index contributed by atoms with van der Waals surface area (Å²) in [7, 11) is 1.53. The second-order valence-corrected chi connectivity index (χ2v) is 5.41. The van der Waals surface area contributed by atoms with Crippen molar-refractivity contribution in [3.8, 4) is 5.75 Å². The standard InChI is InChI=1S/C17H17ClF3NO2/c1-11-14(18)5-6-16(22(11)10-17(20)21)13-4-3-12(9-15(13)19)24-8-7-23-2/h3-6,9,17H,1,7-8,10H2,2H3. The van der Waals surface area contributed by atoms with Crippen LogP contribution in [0, 0.1) is 5.82 Å². The first-order chi connectivity index (χ1) is 11.4. The molecule has 7 heteroatoms. The van der Waals surface area contributed by atoms with E-state index in [1.807, 2.05) is 0 Å². The van der Waals surface area contributed by atoms with Gasteiger partial charge in [-0.2, -0.15) is 0 Å². The minimum Gasteiger partial charge on any atom is -0.491 e. The minimum atomic E-state index is -2.62. The predicted molar refractivity (Wildman–Crippen MR) is 87.5 cm³/mol. The average molecular weight is 360 g/mol. The van der Waals surface area contributed by atoms with Crippen molar-refractivity contribution in [1.29, 1.82) is 0 Å². The van der Waals surface area contributed by atoms with E-state index in [-0.39, 0.29) is 28.6 Å². The molecule has 1 heterocycles. The highest BCUT2D eigenvalue weighted by Gasteiger charge is 2.25. The van der Waals surface area contributed by atoms with Crippen LogP contribution in [0.2, 0.25) is 0 Å². The third-order valence-electron chi connectivity index (χ3n) is 3.37. The van der Waals surface area contributed by atoms with Gasteiger partial charge in [-0.15, -0.1) is 0 Å². The van der Waals surface area contributed by atoms with Crippen molar-refractivity contribution < 1.29 is 22.6 Å². The van der Waals surface area contributed by atoms with Gasteiger partial charge in [0, 0.05) is 18.7 Å². The van der Waals surface area contributed by atoms with E-state index < -0.39 is 18.8 Å². The lowest BCUT2D eigenvalue weighted by Gasteiger charge is -2.31. The highest BCUT2D eigenvalue weighted by atomic mass is 35.5. The number of allylic oxidation sites excluding steroid dienone is 3. The number of nitrogens with zero attached hydrogens (tertiary/aromatic N) is 1. The van der Waals surface area contributed by atoms with Crippen molar-refractivity contribution in [1.82, 2.24) is 4.90 Å². The molecule has 0 aliphatic carbocycles. The summed E-state index contributed by atoms with van der Waals surface area (Å²) in [5, 5.41) is 0.235. The number of rotatable bonds is 7. The number of alkyl halides is 2. The van der Waals surface area contributed by atoms with Crippen molar-refractivity contribution >= 4 is 17.3 Å². The second-order valence-electron chi connectivity index (χ2n) is 5.00. The molecule has 0 spiro atoms. The molecule has 3 nitrogen and oxygen atoms in total. The van der Waals surface area contributed by atoms with E-state index in [0.717, 1.165) is 0 Å². The van der Waals surface area contributed by atoms with Crippen LogP contribution in [0.15, 0.2) is 47.7 Å². The summed E-state index contributed by atoms with van der Waals surface area (Å²) in [6.45, 7) is 3.73. The summed E-state index contributed by atoms with van der Waals surface area (Å²) in [6.07, 6.45) is 0.375. The zero-order chi connectivity index (χ0) is 17.7. The summed E-state index contributed by atoms with van der Waals surface area (Å²) in [4.78, 5) is 1.21. The van der Waals surface area contributed by atoms with Crippen LogP contribution in [-0.2, 0) is 4.74 Å². The Morgan fingerprint density at radius 2 is 2.00 bits per heavy atom. The van der Waals surface area contributed by atoms with Crippen molar-refractivity contribution in [3.63, 3.8) is 0 Å². The summed E-state index contributed by atoms with van der Waals surface area (Å²) in [5.41, 5.74) is 0.635. The first-order valence-corrected chi connectivity index (χ1v) is 7.56. The molecule has 130 valence electrons.